The highest BCUT2D eigenvalue weighted by Crippen LogP contribution is 2.22. The Hall–Kier alpha value is -2.05. The minimum Gasteiger partial charge on any atom is -0.484 e. The van der Waals surface area contributed by atoms with Gasteiger partial charge in [0.15, 0.2) is 6.61 Å². The van der Waals surface area contributed by atoms with E-state index in [4.69, 9.17) is 21.1 Å². The van der Waals surface area contributed by atoms with Crippen LogP contribution >= 0.6 is 27.5 Å². The number of halogens is 2. The Kier molecular flexibility index (Phi) is 7.28. The van der Waals surface area contributed by atoms with Crippen molar-refractivity contribution in [3.63, 3.8) is 0 Å². The Balaban J connectivity index is 2.02. The molecular formula is C18H17BrClNO4. The maximum absolute atomic E-state index is 12.2. The summed E-state index contributed by atoms with van der Waals surface area (Å²) in [5, 5.41) is 3.32. The second-order valence-electron chi connectivity index (χ2n) is 5.20. The molecule has 0 aliphatic heterocycles. The number of hydrogen-bond acceptors (Lipinski definition) is 4. The molecule has 0 aromatic heterocycles. The number of rotatable bonds is 7. The van der Waals surface area contributed by atoms with Crippen LogP contribution in [-0.4, -0.2) is 25.6 Å². The number of methoxy groups -OCH3 is 1. The Morgan fingerprint density at radius 2 is 1.96 bits per heavy atom. The van der Waals surface area contributed by atoms with Crippen molar-refractivity contribution >= 4 is 39.4 Å². The maximum atomic E-state index is 12.2. The average molecular weight is 427 g/mol. The van der Waals surface area contributed by atoms with Crippen molar-refractivity contribution in [2.75, 3.05) is 13.7 Å². The smallest absolute Gasteiger partial charge is 0.307 e. The van der Waals surface area contributed by atoms with Gasteiger partial charge < -0.3 is 14.8 Å². The number of benzene rings is 2. The number of nitrogens with one attached hydrogen (secondary N) is 1. The summed E-state index contributed by atoms with van der Waals surface area (Å²) in [6.07, 6.45) is 0.0237. The number of carbonyl (C=O) groups is 2. The summed E-state index contributed by atoms with van der Waals surface area (Å²) >= 11 is 9.26. The van der Waals surface area contributed by atoms with Gasteiger partial charge in [0.05, 0.1) is 19.6 Å². The third-order valence-electron chi connectivity index (χ3n) is 3.35. The fraction of sp³-hybridized carbons (Fsp3) is 0.222. The van der Waals surface area contributed by atoms with Gasteiger partial charge in [0.2, 0.25) is 0 Å². The SMILES string of the molecule is COC(=O)CC(NC(=O)COc1cccc(Cl)c1)c1cccc(Br)c1. The molecule has 2 aromatic rings. The molecule has 0 heterocycles. The van der Waals surface area contributed by atoms with E-state index in [9.17, 15) is 9.59 Å². The number of ether oxygens (including phenoxy) is 2. The van der Waals surface area contributed by atoms with Crippen molar-refractivity contribution < 1.29 is 19.1 Å². The normalized spacial score (nSPS) is 11.5. The molecule has 1 amide bonds. The van der Waals surface area contributed by atoms with Crippen molar-refractivity contribution in [3.8, 4) is 5.75 Å². The zero-order valence-corrected chi connectivity index (χ0v) is 15.8. The lowest BCUT2D eigenvalue weighted by Crippen LogP contribution is -2.34. The molecule has 0 radical (unpaired) electrons. The van der Waals surface area contributed by atoms with Crippen LogP contribution in [0.5, 0.6) is 5.75 Å². The Morgan fingerprint density at radius 1 is 1.20 bits per heavy atom. The lowest BCUT2D eigenvalue weighted by atomic mass is 10.0. The molecule has 0 spiro atoms. The van der Waals surface area contributed by atoms with Crippen molar-refractivity contribution in [2.45, 2.75) is 12.5 Å². The molecule has 0 saturated carbocycles. The first-order chi connectivity index (χ1) is 12.0. The average Bonchev–Trinajstić information content (AvgIpc) is 2.59. The second-order valence-corrected chi connectivity index (χ2v) is 6.55. The summed E-state index contributed by atoms with van der Waals surface area (Å²) in [5.74, 6) is -0.274. The molecule has 132 valence electrons. The standard InChI is InChI=1S/C18H17BrClNO4/c1-24-18(23)10-16(12-4-2-5-13(19)8-12)21-17(22)11-25-15-7-3-6-14(20)9-15/h2-9,16H,10-11H2,1H3,(H,21,22). The first-order valence-corrected chi connectivity index (χ1v) is 8.65. The van der Waals surface area contributed by atoms with Crippen molar-refractivity contribution in [1.29, 1.82) is 0 Å². The quantitative estimate of drug-likeness (QED) is 0.682. The zero-order chi connectivity index (χ0) is 18.2. The van der Waals surface area contributed by atoms with Crippen LogP contribution in [0.2, 0.25) is 5.02 Å². The van der Waals surface area contributed by atoms with Crippen LogP contribution in [0.15, 0.2) is 53.0 Å². The van der Waals surface area contributed by atoms with Gasteiger partial charge in [0.1, 0.15) is 5.75 Å². The highest BCUT2D eigenvalue weighted by molar-refractivity contribution is 9.10. The minimum atomic E-state index is -0.514. The van der Waals surface area contributed by atoms with Gasteiger partial charge in [0.25, 0.3) is 5.91 Å². The van der Waals surface area contributed by atoms with E-state index in [1.807, 2.05) is 24.3 Å². The van der Waals surface area contributed by atoms with Crippen LogP contribution in [0.1, 0.15) is 18.0 Å². The first-order valence-electron chi connectivity index (χ1n) is 7.48. The van der Waals surface area contributed by atoms with E-state index in [1.165, 1.54) is 7.11 Å². The third-order valence-corrected chi connectivity index (χ3v) is 4.08. The monoisotopic (exact) mass is 425 g/mol. The molecule has 5 nitrogen and oxygen atoms in total. The predicted octanol–water partition coefficient (Wildman–Crippen LogP) is 3.90. The first kappa shape index (κ1) is 19.3. The minimum absolute atomic E-state index is 0.0237. The summed E-state index contributed by atoms with van der Waals surface area (Å²) in [4.78, 5) is 23.9. The van der Waals surface area contributed by atoms with E-state index in [-0.39, 0.29) is 18.9 Å². The summed E-state index contributed by atoms with van der Waals surface area (Å²) in [7, 11) is 1.31. The molecule has 0 aliphatic carbocycles. The van der Waals surface area contributed by atoms with E-state index in [0.29, 0.717) is 10.8 Å². The van der Waals surface area contributed by atoms with Gasteiger partial charge in [-0.3, -0.25) is 9.59 Å². The molecule has 2 rings (SSSR count). The number of esters is 1. The topological polar surface area (TPSA) is 64.6 Å². The molecule has 0 aliphatic rings. The second kappa shape index (κ2) is 9.44. The predicted molar refractivity (Wildman–Crippen MR) is 98.6 cm³/mol. The largest absolute Gasteiger partial charge is 0.484 e. The van der Waals surface area contributed by atoms with E-state index >= 15 is 0 Å². The van der Waals surface area contributed by atoms with E-state index in [0.717, 1.165) is 10.0 Å². The molecule has 1 atom stereocenters. The Labute approximate surface area is 159 Å². The fourth-order valence-electron chi connectivity index (χ4n) is 2.17. The highest BCUT2D eigenvalue weighted by atomic mass is 79.9. The highest BCUT2D eigenvalue weighted by Gasteiger charge is 2.19. The van der Waals surface area contributed by atoms with Gasteiger partial charge in [-0.25, -0.2) is 0 Å². The molecule has 0 bridgehead atoms. The molecule has 0 fully saturated rings. The van der Waals surface area contributed by atoms with Gasteiger partial charge in [0, 0.05) is 9.50 Å². The number of hydrogen-bond donors (Lipinski definition) is 1. The molecule has 1 unspecified atom stereocenters. The van der Waals surface area contributed by atoms with Crippen LogP contribution in [0.25, 0.3) is 0 Å². The number of amides is 1. The molecule has 25 heavy (non-hydrogen) atoms. The van der Waals surface area contributed by atoms with Crippen LogP contribution in [0, 0.1) is 0 Å². The van der Waals surface area contributed by atoms with Crippen molar-refractivity contribution in [1.82, 2.24) is 5.32 Å². The lowest BCUT2D eigenvalue weighted by Gasteiger charge is -2.18. The van der Waals surface area contributed by atoms with E-state index in [2.05, 4.69) is 21.2 Å². The number of carbonyl (C=O) groups excluding carboxylic acids is 2. The van der Waals surface area contributed by atoms with Crippen molar-refractivity contribution in [3.05, 3.63) is 63.6 Å². The molecule has 1 N–H and O–H groups in total. The molecule has 7 heteroatoms. The fourth-order valence-corrected chi connectivity index (χ4v) is 2.76. The van der Waals surface area contributed by atoms with Crippen LogP contribution < -0.4 is 10.1 Å². The van der Waals surface area contributed by atoms with E-state index in [1.54, 1.807) is 24.3 Å². The molecule has 0 saturated heterocycles. The van der Waals surface area contributed by atoms with Gasteiger partial charge in [-0.1, -0.05) is 45.7 Å². The van der Waals surface area contributed by atoms with Crippen LogP contribution in [0.4, 0.5) is 0 Å². The van der Waals surface area contributed by atoms with Gasteiger partial charge >= 0.3 is 5.97 Å². The molecule has 2 aromatic carbocycles. The Bertz CT molecular complexity index is 753. The summed E-state index contributed by atoms with van der Waals surface area (Å²) in [6, 6.07) is 13.6. The summed E-state index contributed by atoms with van der Waals surface area (Å²) in [6.45, 7) is -0.188. The van der Waals surface area contributed by atoms with Gasteiger partial charge in [-0.2, -0.15) is 0 Å². The Morgan fingerprint density at radius 3 is 2.64 bits per heavy atom. The van der Waals surface area contributed by atoms with Crippen LogP contribution in [-0.2, 0) is 14.3 Å². The van der Waals surface area contributed by atoms with Crippen LogP contribution in [0.3, 0.4) is 0 Å². The maximum Gasteiger partial charge on any atom is 0.307 e. The van der Waals surface area contributed by atoms with Gasteiger partial charge in [-0.05, 0) is 35.9 Å². The van der Waals surface area contributed by atoms with Crippen molar-refractivity contribution in [2.24, 2.45) is 0 Å². The zero-order valence-electron chi connectivity index (χ0n) is 13.5. The third kappa shape index (κ3) is 6.40. The lowest BCUT2D eigenvalue weighted by molar-refractivity contribution is -0.141. The summed E-state index contributed by atoms with van der Waals surface area (Å²) in [5.41, 5.74) is 0.788. The van der Waals surface area contributed by atoms with Gasteiger partial charge in [-0.15, -0.1) is 0 Å². The van der Waals surface area contributed by atoms with E-state index < -0.39 is 12.0 Å². The summed E-state index contributed by atoms with van der Waals surface area (Å²) < 4.78 is 11.0. The molecular weight excluding hydrogens is 410 g/mol.